The Hall–Kier alpha value is -1.98. The standard InChI is InChI=1S/C18H18ClN3OS/c1-13(23-16-9-4-3-5-10-16)17-20-21-18(22(17)2)24-12-14-7-6-8-15(19)11-14/h3-11,13H,12H2,1-2H3/t13-/m1/s1. The van der Waals surface area contributed by atoms with Crippen molar-refractivity contribution in [3.05, 3.63) is 71.0 Å². The van der Waals surface area contributed by atoms with Crippen molar-refractivity contribution in [1.82, 2.24) is 14.8 Å². The lowest BCUT2D eigenvalue weighted by Gasteiger charge is -2.14. The van der Waals surface area contributed by atoms with Gasteiger partial charge in [-0.25, -0.2) is 0 Å². The first-order chi connectivity index (χ1) is 11.6. The predicted octanol–water partition coefficient (Wildman–Crippen LogP) is 4.90. The molecule has 1 heterocycles. The van der Waals surface area contributed by atoms with Crippen LogP contribution < -0.4 is 4.74 Å². The molecule has 1 atom stereocenters. The molecule has 6 heteroatoms. The lowest BCUT2D eigenvalue weighted by molar-refractivity contribution is 0.211. The molecule has 0 saturated carbocycles. The third kappa shape index (κ3) is 4.10. The Morgan fingerprint density at radius 1 is 1.12 bits per heavy atom. The maximum absolute atomic E-state index is 6.02. The predicted molar refractivity (Wildman–Crippen MR) is 97.5 cm³/mol. The van der Waals surface area contributed by atoms with Gasteiger partial charge in [0, 0.05) is 17.8 Å². The summed E-state index contributed by atoms with van der Waals surface area (Å²) in [5, 5.41) is 10.2. The number of hydrogen-bond acceptors (Lipinski definition) is 4. The van der Waals surface area contributed by atoms with Crippen LogP contribution in [-0.2, 0) is 12.8 Å². The molecule has 24 heavy (non-hydrogen) atoms. The van der Waals surface area contributed by atoms with E-state index in [9.17, 15) is 0 Å². The number of halogens is 1. The first kappa shape index (κ1) is 16.9. The average Bonchev–Trinajstić information content (AvgIpc) is 2.95. The van der Waals surface area contributed by atoms with Crippen LogP contribution in [0, 0.1) is 0 Å². The van der Waals surface area contributed by atoms with E-state index in [2.05, 4.69) is 16.3 Å². The molecule has 0 fully saturated rings. The summed E-state index contributed by atoms with van der Waals surface area (Å²) in [6.45, 7) is 1.97. The van der Waals surface area contributed by atoms with Crippen LogP contribution in [0.15, 0.2) is 59.8 Å². The summed E-state index contributed by atoms with van der Waals surface area (Å²) in [5.41, 5.74) is 1.16. The third-order valence-corrected chi connectivity index (χ3v) is 4.87. The number of nitrogens with zero attached hydrogens (tertiary/aromatic N) is 3. The SMILES string of the molecule is C[C@@H](Oc1ccccc1)c1nnc(SCc2cccc(Cl)c2)n1C. The van der Waals surface area contributed by atoms with Crippen LogP contribution in [0.25, 0.3) is 0 Å². The first-order valence-corrected chi connectivity index (χ1v) is 8.98. The van der Waals surface area contributed by atoms with Gasteiger partial charge in [-0.05, 0) is 36.8 Å². The quantitative estimate of drug-likeness (QED) is 0.587. The molecular weight excluding hydrogens is 342 g/mol. The molecule has 0 amide bonds. The van der Waals surface area contributed by atoms with Crippen molar-refractivity contribution in [2.24, 2.45) is 7.05 Å². The highest BCUT2D eigenvalue weighted by Gasteiger charge is 2.17. The zero-order chi connectivity index (χ0) is 16.9. The molecule has 0 aliphatic carbocycles. The third-order valence-electron chi connectivity index (χ3n) is 3.55. The van der Waals surface area contributed by atoms with E-state index in [1.165, 1.54) is 0 Å². The van der Waals surface area contributed by atoms with Gasteiger partial charge in [0.15, 0.2) is 17.1 Å². The zero-order valence-corrected chi connectivity index (χ0v) is 15.1. The van der Waals surface area contributed by atoms with E-state index in [1.54, 1.807) is 11.8 Å². The van der Waals surface area contributed by atoms with Crippen molar-refractivity contribution >= 4 is 23.4 Å². The number of para-hydroxylation sites is 1. The number of rotatable bonds is 6. The minimum atomic E-state index is -0.176. The highest BCUT2D eigenvalue weighted by atomic mass is 35.5. The van der Waals surface area contributed by atoms with Gasteiger partial charge in [0.05, 0.1) is 0 Å². The van der Waals surface area contributed by atoms with Crippen LogP contribution in [0.2, 0.25) is 5.02 Å². The Labute approximate surface area is 150 Å². The molecule has 0 bridgehead atoms. The van der Waals surface area contributed by atoms with Crippen LogP contribution in [0.4, 0.5) is 0 Å². The van der Waals surface area contributed by atoms with Crippen LogP contribution in [0.1, 0.15) is 24.4 Å². The molecule has 0 radical (unpaired) electrons. The van der Waals surface area contributed by atoms with Gasteiger partial charge in [0.1, 0.15) is 5.75 Å². The van der Waals surface area contributed by atoms with Crippen molar-refractivity contribution in [2.75, 3.05) is 0 Å². The normalized spacial score (nSPS) is 12.1. The number of thioether (sulfide) groups is 1. The molecule has 124 valence electrons. The minimum absolute atomic E-state index is 0.176. The largest absolute Gasteiger partial charge is 0.483 e. The minimum Gasteiger partial charge on any atom is -0.483 e. The maximum atomic E-state index is 6.02. The molecule has 1 aromatic heterocycles. The fourth-order valence-corrected chi connectivity index (χ4v) is 3.41. The number of hydrogen-bond donors (Lipinski definition) is 0. The maximum Gasteiger partial charge on any atom is 0.191 e. The fourth-order valence-electron chi connectivity index (χ4n) is 2.34. The Bertz CT molecular complexity index is 807. The molecule has 3 aromatic rings. The molecule has 0 spiro atoms. The molecule has 2 aromatic carbocycles. The van der Waals surface area contributed by atoms with Crippen molar-refractivity contribution in [3.8, 4) is 5.75 Å². The van der Waals surface area contributed by atoms with Crippen LogP contribution in [0.3, 0.4) is 0 Å². The van der Waals surface area contributed by atoms with Gasteiger partial charge in [0.25, 0.3) is 0 Å². The summed E-state index contributed by atoms with van der Waals surface area (Å²) < 4.78 is 7.90. The molecule has 4 nitrogen and oxygen atoms in total. The highest BCUT2D eigenvalue weighted by molar-refractivity contribution is 7.98. The topological polar surface area (TPSA) is 39.9 Å². The second kappa shape index (κ2) is 7.73. The summed E-state index contributed by atoms with van der Waals surface area (Å²) in [7, 11) is 1.96. The molecule has 0 aliphatic heterocycles. The van der Waals surface area contributed by atoms with E-state index in [4.69, 9.17) is 16.3 Å². The number of benzene rings is 2. The Kier molecular flexibility index (Phi) is 5.43. The summed E-state index contributed by atoms with van der Waals surface area (Å²) in [4.78, 5) is 0. The van der Waals surface area contributed by atoms with Crippen LogP contribution >= 0.6 is 23.4 Å². The number of aromatic nitrogens is 3. The van der Waals surface area contributed by atoms with E-state index in [1.807, 2.05) is 67.1 Å². The van der Waals surface area contributed by atoms with Crippen LogP contribution in [0.5, 0.6) is 5.75 Å². The zero-order valence-electron chi connectivity index (χ0n) is 13.5. The molecule has 0 N–H and O–H groups in total. The molecule has 3 rings (SSSR count). The van der Waals surface area contributed by atoms with Gasteiger partial charge in [-0.2, -0.15) is 0 Å². The highest BCUT2D eigenvalue weighted by Crippen LogP contribution is 2.26. The van der Waals surface area contributed by atoms with Gasteiger partial charge in [-0.1, -0.05) is 53.7 Å². The fraction of sp³-hybridized carbons (Fsp3) is 0.222. The summed E-state index contributed by atoms with van der Waals surface area (Å²) in [6, 6.07) is 17.6. The van der Waals surface area contributed by atoms with Gasteiger partial charge in [-0.15, -0.1) is 10.2 Å². The summed E-state index contributed by atoms with van der Waals surface area (Å²) in [5.74, 6) is 2.41. The monoisotopic (exact) mass is 359 g/mol. The van der Waals surface area contributed by atoms with Gasteiger partial charge < -0.3 is 9.30 Å². The first-order valence-electron chi connectivity index (χ1n) is 7.61. The number of ether oxygens (including phenoxy) is 1. The van der Waals surface area contributed by atoms with E-state index >= 15 is 0 Å². The molecule has 0 saturated heterocycles. The lowest BCUT2D eigenvalue weighted by Crippen LogP contribution is -2.10. The van der Waals surface area contributed by atoms with Gasteiger partial charge in [0.2, 0.25) is 0 Å². The summed E-state index contributed by atoms with van der Waals surface area (Å²) >= 11 is 7.65. The second-order valence-corrected chi connectivity index (χ2v) is 6.77. The van der Waals surface area contributed by atoms with Crippen LogP contribution in [-0.4, -0.2) is 14.8 Å². The van der Waals surface area contributed by atoms with E-state index in [0.717, 1.165) is 33.1 Å². The molecule has 0 aliphatic rings. The smallest absolute Gasteiger partial charge is 0.191 e. The van der Waals surface area contributed by atoms with Gasteiger partial charge in [-0.3, -0.25) is 0 Å². The van der Waals surface area contributed by atoms with Crippen molar-refractivity contribution in [3.63, 3.8) is 0 Å². The van der Waals surface area contributed by atoms with E-state index in [-0.39, 0.29) is 6.10 Å². The van der Waals surface area contributed by atoms with E-state index in [0.29, 0.717) is 0 Å². The summed E-state index contributed by atoms with van der Waals surface area (Å²) in [6.07, 6.45) is -0.176. The Morgan fingerprint density at radius 3 is 2.67 bits per heavy atom. The van der Waals surface area contributed by atoms with Crippen molar-refractivity contribution < 1.29 is 4.74 Å². The van der Waals surface area contributed by atoms with Gasteiger partial charge >= 0.3 is 0 Å². The molecular formula is C18H18ClN3OS. The average molecular weight is 360 g/mol. The second-order valence-electron chi connectivity index (χ2n) is 5.39. The van der Waals surface area contributed by atoms with Crippen molar-refractivity contribution in [1.29, 1.82) is 0 Å². The lowest BCUT2D eigenvalue weighted by atomic mass is 10.2. The van der Waals surface area contributed by atoms with E-state index < -0.39 is 0 Å². The van der Waals surface area contributed by atoms with Crippen molar-refractivity contribution in [2.45, 2.75) is 23.9 Å². The Morgan fingerprint density at radius 2 is 1.92 bits per heavy atom. The molecule has 0 unspecified atom stereocenters. The Balaban J connectivity index is 1.67.